The van der Waals surface area contributed by atoms with Gasteiger partial charge in [0.2, 0.25) is 0 Å². The molecule has 1 aromatic carbocycles. The first-order valence-corrected chi connectivity index (χ1v) is 8.59. The molecule has 1 amide bonds. The monoisotopic (exact) mass is 434 g/mol. The molecule has 0 saturated carbocycles. The summed E-state index contributed by atoms with van der Waals surface area (Å²) in [6.07, 6.45) is 1.70. The summed E-state index contributed by atoms with van der Waals surface area (Å²) in [6.45, 7) is -1.40. The molecule has 1 heterocycles. The molecule has 128 valence electrons. The molecule has 1 aromatic heterocycles. The first-order valence-electron chi connectivity index (χ1n) is 6.92. The second-order valence-corrected chi connectivity index (χ2v) is 7.04. The molecular weight excluding hydrogens is 422 g/mol. The normalized spacial score (nSPS) is 13.6. The Labute approximate surface area is 157 Å². The number of hydrogen-bond acceptors (Lipinski definition) is 3. The number of aliphatic hydroxyl groups is 1. The van der Waals surface area contributed by atoms with E-state index in [1.54, 1.807) is 30.5 Å². The van der Waals surface area contributed by atoms with Gasteiger partial charge in [-0.1, -0.05) is 53.5 Å². The van der Waals surface area contributed by atoms with Crippen LogP contribution in [0.1, 0.15) is 5.56 Å². The summed E-state index contributed by atoms with van der Waals surface area (Å²) in [4.78, 5) is 14.3. The zero-order chi connectivity index (χ0) is 17.7. The summed E-state index contributed by atoms with van der Waals surface area (Å²) in [5, 5.41) is 12.7. The van der Waals surface area contributed by atoms with Crippen LogP contribution in [-0.2, 0) is 10.4 Å². The summed E-state index contributed by atoms with van der Waals surface area (Å²) in [6, 6.07) is 10.4. The molecule has 0 bridgehead atoms. The van der Waals surface area contributed by atoms with E-state index in [0.717, 1.165) is 15.7 Å². The Bertz CT molecular complexity index is 698. The lowest BCUT2D eigenvalue weighted by Gasteiger charge is -2.26. The highest BCUT2D eigenvalue weighted by Crippen LogP contribution is 2.26. The van der Waals surface area contributed by atoms with E-state index in [2.05, 4.69) is 26.2 Å². The van der Waals surface area contributed by atoms with E-state index in [1.165, 1.54) is 0 Å². The van der Waals surface area contributed by atoms with Crippen molar-refractivity contribution in [1.82, 2.24) is 10.3 Å². The number of carbonyl (C=O) groups is 1. The van der Waals surface area contributed by atoms with Crippen LogP contribution in [0.4, 0.5) is 4.39 Å². The van der Waals surface area contributed by atoms with Gasteiger partial charge in [0.1, 0.15) is 16.9 Å². The highest BCUT2D eigenvalue weighted by molar-refractivity contribution is 9.10. The van der Waals surface area contributed by atoms with E-state index < -0.39 is 23.0 Å². The van der Waals surface area contributed by atoms with Crippen molar-refractivity contribution in [2.24, 2.45) is 0 Å². The van der Waals surface area contributed by atoms with Crippen LogP contribution in [0.25, 0.3) is 11.1 Å². The van der Waals surface area contributed by atoms with Crippen LogP contribution in [0, 0.1) is 0 Å². The van der Waals surface area contributed by atoms with Gasteiger partial charge in [-0.2, -0.15) is 0 Å². The summed E-state index contributed by atoms with van der Waals surface area (Å²) in [5.41, 5.74) is 0.230. The maximum atomic E-state index is 13.4. The Kier molecular flexibility index (Phi) is 6.57. The lowest BCUT2D eigenvalue weighted by Crippen LogP contribution is -2.43. The van der Waals surface area contributed by atoms with Crippen molar-refractivity contribution < 1.29 is 14.3 Å². The zero-order valence-corrected chi connectivity index (χ0v) is 15.4. The molecule has 0 fully saturated rings. The second-order valence-electron chi connectivity index (χ2n) is 5.13. The minimum atomic E-state index is -1.85. The largest absolute Gasteiger partial charge is 0.381 e. The predicted molar refractivity (Wildman–Crippen MR) is 95.7 cm³/mol. The van der Waals surface area contributed by atoms with Gasteiger partial charge in [0.05, 0.1) is 6.54 Å². The molecule has 24 heavy (non-hydrogen) atoms. The fraction of sp³-hybridized carbons (Fsp3) is 0.250. The number of rotatable bonds is 6. The number of amides is 1. The fourth-order valence-electron chi connectivity index (χ4n) is 2.06. The Balaban J connectivity index is 2.17. The lowest BCUT2D eigenvalue weighted by atomic mass is 9.93. The molecular formula is C16H14BrCl2FN2O2. The molecule has 1 unspecified atom stereocenters. The molecule has 0 saturated heterocycles. The molecule has 0 aliphatic heterocycles. The summed E-state index contributed by atoms with van der Waals surface area (Å²) >= 11 is 14.1. The number of nitrogens with one attached hydrogen (secondary N) is 1. The van der Waals surface area contributed by atoms with Crippen LogP contribution in [0.15, 0.2) is 47.2 Å². The molecule has 8 heteroatoms. The number of hydrogen-bond donors (Lipinski definition) is 2. The van der Waals surface area contributed by atoms with Gasteiger partial charge in [-0.15, -0.1) is 0 Å². The average Bonchev–Trinajstić information content (AvgIpc) is 2.60. The molecule has 2 N–H and O–H groups in total. The first kappa shape index (κ1) is 19.1. The highest BCUT2D eigenvalue weighted by Gasteiger charge is 2.30. The van der Waals surface area contributed by atoms with Crippen molar-refractivity contribution in [3.8, 4) is 11.1 Å². The Morgan fingerprint density at radius 3 is 2.38 bits per heavy atom. The zero-order valence-electron chi connectivity index (χ0n) is 12.3. The van der Waals surface area contributed by atoms with Gasteiger partial charge in [-0.05, 0) is 33.1 Å². The molecule has 2 rings (SSSR count). The van der Waals surface area contributed by atoms with E-state index in [-0.39, 0.29) is 6.54 Å². The SMILES string of the molecule is O=C(NCC(O)(CF)c1ccc(-c2ccc(Br)nc2)cc1)C(Cl)Cl. The van der Waals surface area contributed by atoms with E-state index >= 15 is 0 Å². The maximum absolute atomic E-state index is 13.4. The van der Waals surface area contributed by atoms with Gasteiger partial charge in [0.15, 0.2) is 4.84 Å². The quantitative estimate of drug-likeness (QED) is 0.538. The molecule has 4 nitrogen and oxygen atoms in total. The summed E-state index contributed by atoms with van der Waals surface area (Å²) in [5.74, 6) is -0.692. The highest BCUT2D eigenvalue weighted by atomic mass is 79.9. The third-order valence-corrected chi connectivity index (χ3v) is 4.32. The van der Waals surface area contributed by atoms with Gasteiger partial charge in [0.25, 0.3) is 5.91 Å². The minimum Gasteiger partial charge on any atom is -0.381 e. The van der Waals surface area contributed by atoms with Crippen molar-refractivity contribution >= 4 is 45.0 Å². The number of alkyl halides is 3. The van der Waals surface area contributed by atoms with E-state index in [1.807, 2.05) is 12.1 Å². The number of pyridine rings is 1. The molecule has 2 aromatic rings. The van der Waals surface area contributed by atoms with Crippen LogP contribution in [0.2, 0.25) is 0 Å². The van der Waals surface area contributed by atoms with Crippen LogP contribution in [0.3, 0.4) is 0 Å². The second kappa shape index (κ2) is 8.25. The van der Waals surface area contributed by atoms with Crippen molar-refractivity contribution in [2.75, 3.05) is 13.2 Å². The van der Waals surface area contributed by atoms with Gasteiger partial charge in [-0.3, -0.25) is 4.79 Å². The van der Waals surface area contributed by atoms with Crippen molar-refractivity contribution in [3.05, 3.63) is 52.8 Å². The number of nitrogens with zero attached hydrogens (tertiary/aromatic N) is 1. The van der Waals surface area contributed by atoms with Gasteiger partial charge in [-0.25, -0.2) is 9.37 Å². The molecule has 0 spiro atoms. The molecule has 0 aliphatic rings. The van der Waals surface area contributed by atoms with Crippen molar-refractivity contribution in [1.29, 1.82) is 0 Å². The maximum Gasteiger partial charge on any atom is 0.253 e. The van der Waals surface area contributed by atoms with Crippen LogP contribution < -0.4 is 5.32 Å². The van der Waals surface area contributed by atoms with Gasteiger partial charge < -0.3 is 10.4 Å². The smallest absolute Gasteiger partial charge is 0.253 e. The number of carbonyl (C=O) groups excluding carboxylic acids is 1. The third-order valence-electron chi connectivity index (χ3n) is 3.46. The number of aromatic nitrogens is 1. The average molecular weight is 436 g/mol. The van der Waals surface area contributed by atoms with E-state index in [9.17, 15) is 14.3 Å². The first-order chi connectivity index (χ1) is 11.4. The van der Waals surface area contributed by atoms with Crippen molar-refractivity contribution in [2.45, 2.75) is 10.4 Å². The number of benzene rings is 1. The van der Waals surface area contributed by atoms with Gasteiger partial charge in [0, 0.05) is 11.8 Å². The lowest BCUT2D eigenvalue weighted by molar-refractivity contribution is -0.121. The van der Waals surface area contributed by atoms with Crippen LogP contribution in [0.5, 0.6) is 0 Å². The summed E-state index contributed by atoms with van der Waals surface area (Å²) in [7, 11) is 0. The fourth-order valence-corrected chi connectivity index (χ4v) is 2.45. The Hall–Kier alpha value is -1.21. The van der Waals surface area contributed by atoms with E-state index in [0.29, 0.717) is 5.56 Å². The third kappa shape index (κ3) is 4.66. The number of halogens is 4. The molecule has 1 atom stereocenters. The summed E-state index contributed by atoms with van der Waals surface area (Å²) < 4.78 is 14.1. The van der Waals surface area contributed by atoms with E-state index in [4.69, 9.17) is 23.2 Å². The molecule has 0 aliphatic carbocycles. The minimum absolute atomic E-state index is 0.333. The predicted octanol–water partition coefficient (Wildman–Crippen LogP) is 3.59. The molecule has 0 radical (unpaired) electrons. The Morgan fingerprint density at radius 2 is 1.88 bits per heavy atom. The van der Waals surface area contributed by atoms with Gasteiger partial charge >= 0.3 is 0 Å². The van der Waals surface area contributed by atoms with Crippen LogP contribution in [-0.4, -0.2) is 34.1 Å². The topological polar surface area (TPSA) is 62.2 Å². The standard InChI is InChI=1S/C16H14BrCl2FN2O2/c17-13-6-3-11(7-21-13)10-1-4-12(5-2-10)16(24,8-20)9-22-15(23)14(18)19/h1-7,14,24H,8-9H2,(H,22,23). The van der Waals surface area contributed by atoms with Crippen molar-refractivity contribution in [3.63, 3.8) is 0 Å². The van der Waals surface area contributed by atoms with Crippen LogP contribution >= 0.6 is 39.1 Å². The Morgan fingerprint density at radius 1 is 1.25 bits per heavy atom.